The largest absolute Gasteiger partial charge is 0.491 e. The second kappa shape index (κ2) is 10.6. The number of unbranched alkanes of at least 4 members (excludes halogenated alkanes) is 1. The van der Waals surface area contributed by atoms with Crippen LogP contribution >= 0.6 is 0 Å². The molecule has 0 aliphatic carbocycles. The number of hydrogen-bond acceptors (Lipinski definition) is 2. The van der Waals surface area contributed by atoms with Crippen molar-refractivity contribution in [3.8, 4) is 0 Å². The van der Waals surface area contributed by atoms with Crippen LogP contribution < -0.4 is 5.32 Å². The second-order valence-electron chi connectivity index (χ2n) is 6.26. The monoisotopic (exact) mass is 331 g/mol. The van der Waals surface area contributed by atoms with Gasteiger partial charge in [0.05, 0.1) is 6.26 Å². The Bertz CT molecular complexity index is 571. The topological polar surface area (TPSA) is 41.3 Å². The summed E-state index contributed by atoms with van der Waals surface area (Å²) in [6.07, 6.45) is 8.99. The van der Waals surface area contributed by atoms with Crippen molar-refractivity contribution < 1.29 is 14.1 Å². The van der Waals surface area contributed by atoms with Gasteiger partial charge in [0.25, 0.3) is 5.91 Å². The third-order valence-electron chi connectivity index (χ3n) is 4.13. The molecular formula is C20H31N2O2+. The van der Waals surface area contributed by atoms with Gasteiger partial charge in [0, 0.05) is 18.2 Å². The molecule has 1 aromatic rings. The van der Waals surface area contributed by atoms with Crippen LogP contribution in [0, 0.1) is 13.8 Å². The van der Waals surface area contributed by atoms with Crippen LogP contribution in [0.5, 0.6) is 0 Å². The molecule has 132 valence electrons. The number of allylic oxidation sites excluding steroid dienone is 1. The van der Waals surface area contributed by atoms with Gasteiger partial charge >= 0.3 is 0 Å². The highest BCUT2D eigenvalue weighted by atomic mass is 16.5. The van der Waals surface area contributed by atoms with E-state index in [1.54, 1.807) is 6.26 Å². The Kier molecular flexibility index (Phi) is 8.84. The van der Waals surface area contributed by atoms with Gasteiger partial charge in [0.15, 0.2) is 12.8 Å². The molecule has 24 heavy (non-hydrogen) atoms. The number of carbonyl (C=O) groups is 1. The van der Waals surface area contributed by atoms with Crippen molar-refractivity contribution in [3.63, 3.8) is 0 Å². The first-order chi connectivity index (χ1) is 11.5. The lowest BCUT2D eigenvalue weighted by atomic mass is 10.1. The SMILES string of the molecule is CCCCC(C)[N+](C)=C/C=C\OCC(=O)Nc1c(C)cccc1C. The zero-order valence-corrected chi connectivity index (χ0v) is 15.6. The molecule has 1 atom stereocenters. The zero-order chi connectivity index (χ0) is 17.9. The van der Waals surface area contributed by atoms with E-state index in [0.717, 1.165) is 16.8 Å². The highest BCUT2D eigenvalue weighted by Crippen LogP contribution is 2.19. The van der Waals surface area contributed by atoms with Crippen molar-refractivity contribution in [2.75, 3.05) is 19.0 Å². The van der Waals surface area contributed by atoms with Crippen molar-refractivity contribution in [1.29, 1.82) is 0 Å². The molecule has 1 unspecified atom stereocenters. The van der Waals surface area contributed by atoms with E-state index in [1.807, 2.05) is 44.3 Å². The van der Waals surface area contributed by atoms with Gasteiger partial charge in [-0.05, 0) is 38.3 Å². The molecule has 0 aliphatic heterocycles. The molecule has 0 radical (unpaired) electrons. The summed E-state index contributed by atoms with van der Waals surface area (Å²) in [6, 6.07) is 6.44. The Balaban J connectivity index is 2.40. The summed E-state index contributed by atoms with van der Waals surface area (Å²) in [4.78, 5) is 11.9. The molecule has 1 rings (SSSR count). The van der Waals surface area contributed by atoms with E-state index in [9.17, 15) is 4.79 Å². The van der Waals surface area contributed by atoms with Crippen LogP contribution in [0.15, 0.2) is 30.5 Å². The number of aryl methyl sites for hydroxylation is 2. The van der Waals surface area contributed by atoms with Crippen molar-refractivity contribution in [2.24, 2.45) is 0 Å². The number of nitrogens with one attached hydrogen (secondary N) is 1. The molecule has 0 fully saturated rings. The molecule has 4 nitrogen and oxygen atoms in total. The van der Waals surface area contributed by atoms with Gasteiger partial charge in [-0.1, -0.05) is 31.5 Å². The standard InChI is InChI=1S/C20H30N2O2/c1-6-7-12-18(4)22(5)13-9-14-24-15-19(23)21-20-16(2)10-8-11-17(20)3/h8-11,13-14,18H,6-7,12,15H2,1-5H3/p+1/b14-9-,22-13?. The first kappa shape index (κ1) is 19.9. The Labute approximate surface area is 146 Å². The van der Waals surface area contributed by atoms with Gasteiger partial charge in [-0.15, -0.1) is 0 Å². The summed E-state index contributed by atoms with van der Waals surface area (Å²) in [7, 11) is 2.05. The van der Waals surface area contributed by atoms with E-state index in [2.05, 4.69) is 30.8 Å². The second-order valence-corrected chi connectivity index (χ2v) is 6.26. The maximum atomic E-state index is 11.9. The van der Waals surface area contributed by atoms with E-state index < -0.39 is 0 Å². The molecule has 0 saturated carbocycles. The third kappa shape index (κ3) is 6.99. The minimum absolute atomic E-state index is 0.00716. The van der Waals surface area contributed by atoms with Crippen LogP contribution in [0.3, 0.4) is 0 Å². The zero-order valence-electron chi connectivity index (χ0n) is 15.6. The minimum atomic E-state index is -0.151. The summed E-state index contributed by atoms with van der Waals surface area (Å²) in [5.41, 5.74) is 2.97. The molecule has 4 heteroatoms. The molecule has 0 saturated heterocycles. The summed E-state index contributed by atoms with van der Waals surface area (Å²) >= 11 is 0. The van der Waals surface area contributed by atoms with E-state index in [4.69, 9.17) is 4.74 Å². The molecule has 0 aliphatic rings. The highest BCUT2D eigenvalue weighted by molar-refractivity contribution is 5.93. The fourth-order valence-electron chi connectivity index (χ4n) is 2.39. The number of rotatable bonds is 9. The Morgan fingerprint density at radius 2 is 2.00 bits per heavy atom. The Morgan fingerprint density at radius 3 is 2.62 bits per heavy atom. The quantitative estimate of drug-likeness (QED) is 0.421. The average molecular weight is 331 g/mol. The lowest BCUT2D eigenvalue weighted by Crippen LogP contribution is -2.20. The van der Waals surface area contributed by atoms with Crippen LogP contribution in [0.4, 0.5) is 5.69 Å². The highest BCUT2D eigenvalue weighted by Gasteiger charge is 2.08. The maximum Gasteiger partial charge on any atom is 0.262 e. The van der Waals surface area contributed by atoms with Gasteiger partial charge in [0.1, 0.15) is 13.1 Å². The molecule has 0 spiro atoms. The van der Waals surface area contributed by atoms with Gasteiger partial charge < -0.3 is 10.1 Å². The van der Waals surface area contributed by atoms with Crippen molar-refractivity contribution in [2.45, 2.75) is 53.0 Å². The maximum absolute atomic E-state index is 11.9. The number of nitrogens with zero attached hydrogens (tertiary/aromatic N) is 1. The Morgan fingerprint density at radius 1 is 1.33 bits per heavy atom. The molecule has 1 N–H and O–H groups in total. The first-order valence-corrected chi connectivity index (χ1v) is 8.65. The average Bonchev–Trinajstić information content (AvgIpc) is 2.55. The third-order valence-corrected chi connectivity index (χ3v) is 4.13. The predicted octanol–water partition coefficient (Wildman–Crippen LogP) is 4.06. The lowest BCUT2D eigenvalue weighted by Gasteiger charge is -2.10. The number of amides is 1. The summed E-state index contributed by atoms with van der Waals surface area (Å²) < 4.78 is 7.47. The molecule has 0 heterocycles. The number of hydrogen-bond donors (Lipinski definition) is 1. The number of para-hydroxylation sites is 1. The molecule has 1 aromatic carbocycles. The van der Waals surface area contributed by atoms with Gasteiger partial charge in [-0.25, -0.2) is 4.58 Å². The summed E-state index contributed by atoms with van der Waals surface area (Å²) in [5.74, 6) is -0.151. The smallest absolute Gasteiger partial charge is 0.262 e. The summed E-state index contributed by atoms with van der Waals surface area (Å²) in [5, 5.41) is 2.90. The molecule has 1 amide bonds. The number of benzene rings is 1. The summed E-state index contributed by atoms with van der Waals surface area (Å²) in [6.45, 7) is 8.38. The van der Waals surface area contributed by atoms with Gasteiger partial charge in [-0.3, -0.25) is 4.79 Å². The fourth-order valence-corrected chi connectivity index (χ4v) is 2.39. The normalized spacial score (nSPS) is 13.1. The fraction of sp³-hybridized carbons (Fsp3) is 0.500. The first-order valence-electron chi connectivity index (χ1n) is 8.65. The van der Waals surface area contributed by atoms with E-state index in [-0.39, 0.29) is 12.5 Å². The number of carbonyl (C=O) groups excluding carboxylic acids is 1. The van der Waals surface area contributed by atoms with Crippen LogP contribution in [0.25, 0.3) is 0 Å². The Hall–Kier alpha value is -2.10. The lowest BCUT2D eigenvalue weighted by molar-refractivity contribution is -0.530. The predicted molar refractivity (Wildman–Crippen MR) is 101 cm³/mol. The van der Waals surface area contributed by atoms with E-state index in [1.165, 1.54) is 19.3 Å². The van der Waals surface area contributed by atoms with Crippen molar-refractivity contribution >= 4 is 17.8 Å². The van der Waals surface area contributed by atoms with E-state index >= 15 is 0 Å². The number of anilines is 1. The van der Waals surface area contributed by atoms with Gasteiger partial charge in [0.2, 0.25) is 0 Å². The van der Waals surface area contributed by atoms with Gasteiger partial charge in [-0.2, -0.15) is 0 Å². The van der Waals surface area contributed by atoms with Crippen LogP contribution in [0.1, 0.15) is 44.2 Å². The van der Waals surface area contributed by atoms with Crippen LogP contribution in [-0.4, -0.2) is 36.4 Å². The molecular weight excluding hydrogens is 300 g/mol. The minimum Gasteiger partial charge on any atom is -0.491 e. The van der Waals surface area contributed by atoms with Crippen LogP contribution in [-0.2, 0) is 9.53 Å². The van der Waals surface area contributed by atoms with E-state index in [0.29, 0.717) is 6.04 Å². The number of ether oxygens (including phenoxy) is 1. The van der Waals surface area contributed by atoms with Crippen molar-refractivity contribution in [1.82, 2.24) is 0 Å². The molecule has 0 bridgehead atoms. The van der Waals surface area contributed by atoms with Crippen LogP contribution in [0.2, 0.25) is 0 Å². The van der Waals surface area contributed by atoms with Crippen molar-refractivity contribution in [3.05, 3.63) is 41.7 Å². The molecule has 0 aromatic heterocycles.